The Kier molecular flexibility index (Phi) is 4.69. The van der Waals surface area contributed by atoms with Crippen LogP contribution < -0.4 is 0 Å². The van der Waals surface area contributed by atoms with Crippen LogP contribution in [0, 0.1) is 5.92 Å². The highest BCUT2D eigenvalue weighted by Crippen LogP contribution is 2.13. The Hall–Kier alpha value is -1.15. The number of ketones is 1. The lowest BCUT2D eigenvalue weighted by molar-refractivity contribution is 0.0648. The van der Waals surface area contributed by atoms with Crippen molar-refractivity contribution >= 4 is 5.78 Å². The second-order valence-corrected chi connectivity index (χ2v) is 4.50. The van der Waals surface area contributed by atoms with Crippen LogP contribution in [0.5, 0.6) is 0 Å². The summed E-state index contributed by atoms with van der Waals surface area (Å²) in [5.41, 5.74) is 1.77. The Bertz CT molecular complexity index is 356. The second kappa shape index (κ2) is 5.80. The lowest BCUT2D eigenvalue weighted by atomic mass is 9.96. The van der Waals surface area contributed by atoms with Crippen LogP contribution in [0.15, 0.2) is 24.3 Å². The summed E-state index contributed by atoms with van der Waals surface area (Å²) in [6.07, 6.45) is 1.14. The van der Waals surface area contributed by atoms with Gasteiger partial charge in [-0.25, -0.2) is 0 Å². The van der Waals surface area contributed by atoms with Crippen LogP contribution in [0.1, 0.15) is 43.1 Å². The number of Topliss-reactive ketones (excluding diaryl/α,β-unsaturated/α-hetero) is 1. The van der Waals surface area contributed by atoms with E-state index in [4.69, 9.17) is 0 Å². The zero-order chi connectivity index (χ0) is 12.1. The summed E-state index contributed by atoms with van der Waals surface area (Å²) in [5, 5.41) is 9.72. The number of rotatable bonds is 5. The number of hydrogen-bond donors (Lipinski definition) is 1. The van der Waals surface area contributed by atoms with E-state index in [-0.39, 0.29) is 11.7 Å². The zero-order valence-corrected chi connectivity index (χ0v) is 10.2. The number of benzene rings is 1. The highest BCUT2D eigenvalue weighted by molar-refractivity contribution is 5.99. The van der Waals surface area contributed by atoms with Gasteiger partial charge in [0.05, 0.1) is 0 Å². The maximum absolute atomic E-state index is 11.9. The van der Waals surface area contributed by atoms with Gasteiger partial charge in [-0.1, -0.05) is 45.4 Å². The van der Waals surface area contributed by atoms with Crippen LogP contribution in [0.3, 0.4) is 0 Å². The van der Waals surface area contributed by atoms with E-state index in [1.807, 2.05) is 32.0 Å². The van der Waals surface area contributed by atoms with Gasteiger partial charge >= 0.3 is 0 Å². The second-order valence-electron chi connectivity index (χ2n) is 4.50. The molecular formula is C14H20O2. The third-order valence-electron chi connectivity index (χ3n) is 2.65. The Labute approximate surface area is 97.3 Å². The largest absolute Gasteiger partial charge is 0.385 e. The summed E-state index contributed by atoms with van der Waals surface area (Å²) in [5.74, 6) is -0.213. The smallest absolute Gasteiger partial charge is 0.191 e. The molecule has 0 aliphatic carbocycles. The minimum Gasteiger partial charge on any atom is -0.385 e. The summed E-state index contributed by atoms with van der Waals surface area (Å²) >= 11 is 0. The van der Waals surface area contributed by atoms with Crippen LogP contribution in [0.25, 0.3) is 0 Å². The molecule has 0 fully saturated rings. The Morgan fingerprint density at radius 2 is 2.06 bits per heavy atom. The third-order valence-corrected chi connectivity index (χ3v) is 2.65. The van der Waals surface area contributed by atoms with Gasteiger partial charge in [0.2, 0.25) is 0 Å². The average Bonchev–Trinajstić information content (AvgIpc) is 2.28. The Morgan fingerprint density at radius 1 is 1.38 bits per heavy atom. The van der Waals surface area contributed by atoms with Crippen LogP contribution in [0.2, 0.25) is 0 Å². The highest BCUT2D eigenvalue weighted by Gasteiger charge is 2.20. The molecule has 1 unspecified atom stereocenters. The van der Waals surface area contributed by atoms with Crippen molar-refractivity contribution in [3.8, 4) is 0 Å². The zero-order valence-electron chi connectivity index (χ0n) is 10.2. The number of aliphatic hydroxyl groups is 1. The molecule has 0 saturated carbocycles. The number of aryl methyl sites for hydroxylation is 1. The molecule has 0 bridgehead atoms. The molecule has 0 amide bonds. The normalized spacial score (nSPS) is 12.8. The van der Waals surface area contributed by atoms with Gasteiger partial charge in [-0.3, -0.25) is 4.79 Å². The van der Waals surface area contributed by atoms with Crippen molar-refractivity contribution in [2.45, 2.75) is 39.7 Å². The molecule has 1 aromatic rings. The van der Waals surface area contributed by atoms with Crippen LogP contribution in [0.4, 0.5) is 0 Å². The lowest BCUT2D eigenvalue weighted by Crippen LogP contribution is -2.26. The van der Waals surface area contributed by atoms with E-state index in [9.17, 15) is 9.90 Å². The van der Waals surface area contributed by atoms with Crippen molar-refractivity contribution in [3.63, 3.8) is 0 Å². The summed E-state index contributed by atoms with van der Waals surface area (Å²) in [6, 6.07) is 7.55. The van der Waals surface area contributed by atoms with Gasteiger partial charge in [-0.2, -0.15) is 0 Å². The maximum atomic E-state index is 11.9. The number of carbonyl (C=O) groups excluding carboxylic acids is 1. The molecular weight excluding hydrogens is 200 g/mol. The molecule has 0 aliphatic rings. The van der Waals surface area contributed by atoms with Crippen molar-refractivity contribution in [1.29, 1.82) is 0 Å². The monoisotopic (exact) mass is 220 g/mol. The van der Waals surface area contributed by atoms with Crippen molar-refractivity contribution < 1.29 is 9.90 Å². The molecule has 0 aliphatic heterocycles. The van der Waals surface area contributed by atoms with E-state index in [0.29, 0.717) is 5.56 Å². The minimum absolute atomic E-state index is 0.0395. The van der Waals surface area contributed by atoms with E-state index in [0.717, 1.165) is 18.4 Å². The molecule has 1 N–H and O–H groups in total. The number of aliphatic hydroxyl groups excluding tert-OH is 1. The van der Waals surface area contributed by atoms with E-state index >= 15 is 0 Å². The van der Waals surface area contributed by atoms with Gasteiger partial charge in [0.25, 0.3) is 0 Å². The van der Waals surface area contributed by atoms with Crippen LogP contribution >= 0.6 is 0 Å². The predicted octanol–water partition coefficient (Wildman–Crippen LogP) is 2.84. The summed E-state index contributed by atoms with van der Waals surface area (Å²) < 4.78 is 0. The molecule has 1 aromatic carbocycles. The standard InChI is InChI=1S/C14H20O2/c1-4-6-11-7-5-8-12(9-11)14(16)13(15)10(2)3/h5,7-10,13,15H,4,6H2,1-3H3. The predicted molar refractivity (Wildman–Crippen MR) is 65.6 cm³/mol. The fourth-order valence-corrected chi connectivity index (χ4v) is 1.64. The van der Waals surface area contributed by atoms with Crippen molar-refractivity contribution in [3.05, 3.63) is 35.4 Å². The first kappa shape index (κ1) is 12.9. The van der Waals surface area contributed by atoms with Gasteiger partial charge in [-0.15, -0.1) is 0 Å². The average molecular weight is 220 g/mol. The molecule has 1 atom stereocenters. The summed E-state index contributed by atoms with van der Waals surface area (Å²) in [7, 11) is 0. The lowest BCUT2D eigenvalue weighted by Gasteiger charge is -2.13. The molecule has 0 spiro atoms. The van der Waals surface area contributed by atoms with Crippen LogP contribution in [-0.2, 0) is 6.42 Å². The summed E-state index contributed by atoms with van der Waals surface area (Å²) in [4.78, 5) is 11.9. The van der Waals surface area contributed by atoms with Crippen LogP contribution in [-0.4, -0.2) is 17.0 Å². The third kappa shape index (κ3) is 3.17. The molecule has 1 rings (SSSR count). The molecule has 2 heteroatoms. The van der Waals surface area contributed by atoms with Crippen molar-refractivity contribution in [1.82, 2.24) is 0 Å². The minimum atomic E-state index is -0.892. The molecule has 16 heavy (non-hydrogen) atoms. The molecule has 0 heterocycles. The molecule has 2 nitrogen and oxygen atoms in total. The molecule has 0 aromatic heterocycles. The van der Waals surface area contributed by atoms with Gasteiger partial charge in [0.15, 0.2) is 5.78 Å². The fourth-order valence-electron chi connectivity index (χ4n) is 1.64. The number of hydrogen-bond acceptors (Lipinski definition) is 2. The van der Waals surface area contributed by atoms with Gasteiger partial charge in [-0.05, 0) is 24.0 Å². The van der Waals surface area contributed by atoms with E-state index in [2.05, 4.69) is 6.92 Å². The molecule has 0 radical (unpaired) electrons. The van der Waals surface area contributed by atoms with E-state index in [1.54, 1.807) is 6.07 Å². The van der Waals surface area contributed by atoms with E-state index < -0.39 is 6.10 Å². The first-order valence-electron chi connectivity index (χ1n) is 5.87. The highest BCUT2D eigenvalue weighted by atomic mass is 16.3. The Morgan fingerprint density at radius 3 is 2.62 bits per heavy atom. The van der Waals surface area contributed by atoms with E-state index in [1.165, 1.54) is 0 Å². The van der Waals surface area contributed by atoms with Gasteiger partial charge in [0.1, 0.15) is 6.10 Å². The topological polar surface area (TPSA) is 37.3 Å². The molecule has 88 valence electrons. The SMILES string of the molecule is CCCc1cccc(C(=O)C(O)C(C)C)c1. The maximum Gasteiger partial charge on any atom is 0.191 e. The summed E-state index contributed by atoms with van der Waals surface area (Å²) in [6.45, 7) is 5.80. The fraction of sp³-hybridized carbons (Fsp3) is 0.500. The first-order valence-corrected chi connectivity index (χ1v) is 5.87. The van der Waals surface area contributed by atoms with Gasteiger partial charge in [0, 0.05) is 5.56 Å². The van der Waals surface area contributed by atoms with Crippen molar-refractivity contribution in [2.24, 2.45) is 5.92 Å². The molecule has 0 saturated heterocycles. The quantitative estimate of drug-likeness (QED) is 0.775. The number of carbonyl (C=O) groups is 1. The first-order chi connectivity index (χ1) is 7.56. The van der Waals surface area contributed by atoms with Crippen molar-refractivity contribution in [2.75, 3.05) is 0 Å². The Balaban J connectivity index is 2.87. The van der Waals surface area contributed by atoms with Gasteiger partial charge < -0.3 is 5.11 Å².